The second-order valence-electron chi connectivity index (χ2n) is 6.33. The molecule has 7 nitrogen and oxygen atoms in total. The molecule has 1 aliphatic heterocycles. The van der Waals surface area contributed by atoms with Gasteiger partial charge < -0.3 is 19.7 Å². The van der Waals surface area contributed by atoms with E-state index in [9.17, 15) is 4.79 Å². The molecule has 0 unspecified atom stereocenters. The summed E-state index contributed by atoms with van der Waals surface area (Å²) >= 11 is 0. The van der Waals surface area contributed by atoms with Crippen LogP contribution in [0.25, 0.3) is 0 Å². The number of hydrogen-bond donors (Lipinski definition) is 1. The highest BCUT2D eigenvalue weighted by Crippen LogP contribution is 2.18. The second kappa shape index (κ2) is 9.75. The number of carbonyl (C=O) groups is 1. The number of hydrogen-bond acceptors (Lipinski definition) is 6. The maximum atomic E-state index is 12.2. The van der Waals surface area contributed by atoms with Crippen LogP contribution >= 0.6 is 0 Å². The molecule has 0 atom stereocenters. The van der Waals surface area contributed by atoms with Crippen LogP contribution < -0.4 is 19.7 Å². The topological polar surface area (TPSA) is 76.6 Å². The molecular weight excluding hydrogens is 344 g/mol. The number of benzene rings is 1. The summed E-state index contributed by atoms with van der Waals surface area (Å²) in [5.74, 6) is 2.14. The molecule has 1 aliphatic rings. The highest BCUT2D eigenvalue weighted by molar-refractivity contribution is 5.92. The zero-order chi connectivity index (χ0) is 18.9. The van der Waals surface area contributed by atoms with Gasteiger partial charge in [0.05, 0.1) is 13.2 Å². The number of nitrogens with one attached hydrogen (secondary N) is 1. The number of rotatable bonds is 8. The van der Waals surface area contributed by atoms with Crippen LogP contribution in [0.5, 0.6) is 11.5 Å². The van der Waals surface area contributed by atoms with Crippen molar-refractivity contribution in [2.24, 2.45) is 0 Å². The Morgan fingerprint density at radius 3 is 2.33 bits per heavy atom. The molecular formula is C20H26N4O3. The fraction of sp³-hybridized carbons (Fsp3) is 0.450. The maximum absolute atomic E-state index is 12.2. The lowest BCUT2D eigenvalue weighted by molar-refractivity contribution is 0.0941. The van der Waals surface area contributed by atoms with Gasteiger partial charge in [-0.2, -0.15) is 0 Å². The number of amides is 1. The lowest BCUT2D eigenvalue weighted by Crippen LogP contribution is -2.31. The summed E-state index contributed by atoms with van der Waals surface area (Å²) < 4.78 is 11.0. The summed E-state index contributed by atoms with van der Waals surface area (Å²) in [6.45, 7) is 5.35. The Morgan fingerprint density at radius 1 is 1.00 bits per heavy atom. The van der Waals surface area contributed by atoms with Gasteiger partial charge in [-0.1, -0.05) is 0 Å². The van der Waals surface area contributed by atoms with Crippen LogP contribution in [-0.2, 0) is 0 Å². The van der Waals surface area contributed by atoms with Crippen molar-refractivity contribution >= 4 is 11.7 Å². The molecule has 1 aromatic heterocycles. The lowest BCUT2D eigenvalue weighted by Gasteiger charge is -2.27. The fourth-order valence-electron chi connectivity index (χ4n) is 2.96. The first-order chi connectivity index (χ1) is 13.3. The molecule has 3 rings (SSSR count). The predicted molar refractivity (Wildman–Crippen MR) is 104 cm³/mol. The van der Waals surface area contributed by atoms with E-state index in [1.807, 2.05) is 37.3 Å². The molecule has 144 valence electrons. The van der Waals surface area contributed by atoms with Gasteiger partial charge in [-0.3, -0.25) is 4.79 Å². The molecule has 7 heteroatoms. The molecule has 1 N–H and O–H groups in total. The molecule has 0 bridgehead atoms. The van der Waals surface area contributed by atoms with E-state index in [1.165, 1.54) is 19.3 Å². The molecule has 27 heavy (non-hydrogen) atoms. The van der Waals surface area contributed by atoms with Crippen LogP contribution in [0.15, 0.2) is 36.4 Å². The molecule has 0 aliphatic carbocycles. The number of carbonyl (C=O) groups excluding carboxylic acids is 1. The van der Waals surface area contributed by atoms with Gasteiger partial charge in [0.15, 0.2) is 11.5 Å². The summed E-state index contributed by atoms with van der Waals surface area (Å²) in [5, 5.41) is 11.0. The van der Waals surface area contributed by atoms with Crippen LogP contribution in [0.4, 0.5) is 5.82 Å². The summed E-state index contributed by atoms with van der Waals surface area (Å²) in [7, 11) is 0. The minimum atomic E-state index is -0.247. The van der Waals surface area contributed by atoms with E-state index in [0.29, 0.717) is 25.5 Å². The SMILES string of the molecule is CCOc1ccc(OCCNC(=O)c2ccc(N3CCCCC3)nn2)cc1. The van der Waals surface area contributed by atoms with Gasteiger partial charge in [0.1, 0.15) is 18.1 Å². The van der Waals surface area contributed by atoms with E-state index in [1.54, 1.807) is 6.07 Å². The average molecular weight is 370 g/mol. The van der Waals surface area contributed by atoms with Gasteiger partial charge >= 0.3 is 0 Å². The molecule has 1 aromatic carbocycles. The molecule has 0 radical (unpaired) electrons. The van der Waals surface area contributed by atoms with Gasteiger partial charge in [-0.25, -0.2) is 0 Å². The number of anilines is 1. The van der Waals surface area contributed by atoms with Gasteiger partial charge in [0.25, 0.3) is 5.91 Å². The van der Waals surface area contributed by atoms with Crippen molar-refractivity contribution in [3.8, 4) is 11.5 Å². The first-order valence-corrected chi connectivity index (χ1v) is 9.49. The smallest absolute Gasteiger partial charge is 0.271 e. The van der Waals surface area contributed by atoms with Crippen molar-refractivity contribution in [2.75, 3.05) is 37.7 Å². The first kappa shape index (κ1) is 18.9. The third-order valence-corrected chi connectivity index (χ3v) is 4.35. The first-order valence-electron chi connectivity index (χ1n) is 9.49. The third-order valence-electron chi connectivity index (χ3n) is 4.35. The van der Waals surface area contributed by atoms with Crippen molar-refractivity contribution in [1.82, 2.24) is 15.5 Å². The summed E-state index contributed by atoms with van der Waals surface area (Å²) in [6, 6.07) is 11.0. The fourth-order valence-corrected chi connectivity index (χ4v) is 2.96. The minimum Gasteiger partial charge on any atom is -0.494 e. The minimum absolute atomic E-state index is 0.247. The summed E-state index contributed by atoms with van der Waals surface area (Å²) in [6.07, 6.45) is 3.62. The van der Waals surface area contributed by atoms with Crippen LogP contribution in [0, 0.1) is 0 Å². The molecule has 1 fully saturated rings. The van der Waals surface area contributed by atoms with E-state index >= 15 is 0 Å². The Hall–Kier alpha value is -2.83. The predicted octanol–water partition coefficient (Wildman–Crippen LogP) is 2.67. The maximum Gasteiger partial charge on any atom is 0.271 e. The van der Waals surface area contributed by atoms with E-state index in [0.717, 1.165) is 30.4 Å². The number of ether oxygens (including phenoxy) is 2. The zero-order valence-corrected chi connectivity index (χ0v) is 15.7. The third kappa shape index (κ3) is 5.57. The quantitative estimate of drug-likeness (QED) is 0.720. The standard InChI is InChI=1S/C20H26N4O3/c1-2-26-16-6-8-17(9-7-16)27-15-12-21-20(25)18-10-11-19(23-22-18)24-13-4-3-5-14-24/h6-11H,2-5,12-15H2,1H3,(H,21,25). The Morgan fingerprint density at radius 2 is 1.70 bits per heavy atom. The monoisotopic (exact) mass is 370 g/mol. The Kier molecular flexibility index (Phi) is 6.84. The second-order valence-corrected chi connectivity index (χ2v) is 6.33. The van der Waals surface area contributed by atoms with Crippen LogP contribution in [-0.4, -0.2) is 49.0 Å². The Bertz CT molecular complexity index is 713. The molecule has 2 aromatic rings. The van der Waals surface area contributed by atoms with Gasteiger partial charge in [0, 0.05) is 13.1 Å². The van der Waals surface area contributed by atoms with Crippen molar-refractivity contribution in [3.05, 3.63) is 42.1 Å². The molecule has 0 spiro atoms. The Labute approximate surface area is 159 Å². The van der Waals surface area contributed by atoms with Crippen LogP contribution in [0.1, 0.15) is 36.7 Å². The van der Waals surface area contributed by atoms with Crippen LogP contribution in [0.3, 0.4) is 0 Å². The largest absolute Gasteiger partial charge is 0.494 e. The van der Waals surface area contributed by atoms with Gasteiger partial charge in [-0.15, -0.1) is 10.2 Å². The highest BCUT2D eigenvalue weighted by atomic mass is 16.5. The van der Waals surface area contributed by atoms with Gasteiger partial charge in [0.2, 0.25) is 0 Å². The number of nitrogens with zero attached hydrogens (tertiary/aromatic N) is 3. The van der Waals surface area contributed by atoms with Crippen molar-refractivity contribution < 1.29 is 14.3 Å². The zero-order valence-electron chi connectivity index (χ0n) is 15.7. The van der Waals surface area contributed by atoms with E-state index < -0.39 is 0 Å². The van der Waals surface area contributed by atoms with E-state index in [-0.39, 0.29) is 5.91 Å². The number of piperidine rings is 1. The van der Waals surface area contributed by atoms with Gasteiger partial charge in [-0.05, 0) is 62.6 Å². The summed E-state index contributed by atoms with van der Waals surface area (Å²) in [4.78, 5) is 14.4. The Balaban J connectivity index is 1.41. The summed E-state index contributed by atoms with van der Waals surface area (Å²) in [5.41, 5.74) is 0.317. The number of aromatic nitrogens is 2. The average Bonchev–Trinajstić information content (AvgIpc) is 2.73. The van der Waals surface area contributed by atoms with E-state index in [2.05, 4.69) is 20.4 Å². The molecule has 1 amide bonds. The van der Waals surface area contributed by atoms with Crippen LogP contribution in [0.2, 0.25) is 0 Å². The molecule has 1 saturated heterocycles. The molecule has 0 saturated carbocycles. The highest BCUT2D eigenvalue weighted by Gasteiger charge is 2.14. The molecule has 2 heterocycles. The lowest BCUT2D eigenvalue weighted by atomic mass is 10.1. The van der Waals surface area contributed by atoms with Crippen molar-refractivity contribution in [2.45, 2.75) is 26.2 Å². The van der Waals surface area contributed by atoms with Crippen molar-refractivity contribution in [3.63, 3.8) is 0 Å². The van der Waals surface area contributed by atoms with E-state index in [4.69, 9.17) is 9.47 Å². The normalized spacial score (nSPS) is 13.9. The van der Waals surface area contributed by atoms with Crippen molar-refractivity contribution in [1.29, 1.82) is 0 Å².